The Labute approximate surface area is 111 Å². The molecule has 0 aliphatic carbocycles. The number of thioether (sulfide) groups is 1. The average Bonchev–Trinajstić information content (AvgIpc) is 2.24. The summed E-state index contributed by atoms with van der Waals surface area (Å²) in [5.41, 5.74) is 3.53. The molecular formula is C15H27NS. The summed E-state index contributed by atoms with van der Waals surface area (Å²) in [6, 6.07) is 0.345. The lowest BCUT2D eigenvalue weighted by molar-refractivity contribution is 0.579. The average molecular weight is 253 g/mol. The fourth-order valence-corrected chi connectivity index (χ4v) is 2.13. The van der Waals surface area contributed by atoms with Gasteiger partial charge >= 0.3 is 0 Å². The predicted octanol–water partition coefficient (Wildman–Crippen LogP) is 4.39. The summed E-state index contributed by atoms with van der Waals surface area (Å²) in [6.45, 7) is 18.5. The molecule has 0 saturated heterocycles. The topological polar surface area (TPSA) is 12.0 Å². The van der Waals surface area contributed by atoms with Crippen LogP contribution >= 0.6 is 11.8 Å². The summed E-state index contributed by atoms with van der Waals surface area (Å²) in [7, 11) is 0. The van der Waals surface area contributed by atoms with E-state index < -0.39 is 0 Å². The van der Waals surface area contributed by atoms with Crippen molar-refractivity contribution in [2.75, 3.05) is 12.0 Å². The van der Waals surface area contributed by atoms with Crippen molar-refractivity contribution in [2.24, 2.45) is 5.92 Å². The van der Waals surface area contributed by atoms with Crippen LogP contribution < -0.4 is 5.32 Å². The fraction of sp³-hybridized carbons (Fsp3) is 0.600. The Bertz CT molecular complexity index is 281. The Morgan fingerprint density at radius 1 is 1.18 bits per heavy atom. The number of rotatable bonds is 9. The van der Waals surface area contributed by atoms with Gasteiger partial charge in [-0.2, -0.15) is 11.8 Å². The zero-order valence-electron chi connectivity index (χ0n) is 11.8. The van der Waals surface area contributed by atoms with Crippen LogP contribution in [0.5, 0.6) is 0 Å². The van der Waals surface area contributed by atoms with E-state index in [1.165, 1.54) is 11.1 Å². The van der Waals surface area contributed by atoms with E-state index in [9.17, 15) is 0 Å². The van der Waals surface area contributed by atoms with Crippen LogP contribution in [0.25, 0.3) is 0 Å². The first-order valence-corrected chi connectivity index (χ1v) is 7.51. The van der Waals surface area contributed by atoms with Crippen LogP contribution in [0, 0.1) is 5.92 Å². The number of hydrogen-bond acceptors (Lipinski definition) is 2. The quantitative estimate of drug-likeness (QED) is 0.612. The Hall–Kier alpha value is -0.630. The van der Waals surface area contributed by atoms with Crippen LogP contribution in [-0.2, 0) is 0 Å². The summed E-state index contributed by atoms with van der Waals surface area (Å²) in [4.78, 5) is 0. The molecule has 0 aromatic carbocycles. The van der Waals surface area contributed by atoms with Gasteiger partial charge in [0.05, 0.1) is 6.04 Å². The molecule has 0 spiro atoms. The number of allylic oxidation sites excluding steroid dienone is 2. The molecule has 0 heterocycles. The van der Waals surface area contributed by atoms with E-state index in [0.717, 1.165) is 24.3 Å². The van der Waals surface area contributed by atoms with E-state index in [1.54, 1.807) is 0 Å². The van der Waals surface area contributed by atoms with E-state index in [2.05, 4.69) is 52.1 Å². The van der Waals surface area contributed by atoms with Gasteiger partial charge in [-0.25, -0.2) is 0 Å². The van der Waals surface area contributed by atoms with Gasteiger partial charge in [0.2, 0.25) is 0 Å². The molecule has 0 saturated carbocycles. The highest BCUT2D eigenvalue weighted by molar-refractivity contribution is 7.98. The summed E-state index contributed by atoms with van der Waals surface area (Å²) >= 11 is 1.83. The van der Waals surface area contributed by atoms with Gasteiger partial charge in [0, 0.05) is 11.4 Å². The normalized spacial score (nSPS) is 13.9. The third kappa shape index (κ3) is 7.32. The first-order chi connectivity index (χ1) is 7.88. The molecule has 0 aromatic heterocycles. The van der Waals surface area contributed by atoms with Crippen molar-refractivity contribution in [3.63, 3.8) is 0 Å². The molecule has 2 atom stereocenters. The highest BCUT2D eigenvalue weighted by atomic mass is 32.2. The van der Waals surface area contributed by atoms with E-state index in [4.69, 9.17) is 0 Å². The molecule has 1 N–H and O–H groups in total. The molecule has 98 valence electrons. The minimum atomic E-state index is 0.345. The number of nitrogens with one attached hydrogen (secondary N) is 1. The smallest absolute Gasteiger partial charge is 0.0555 e. The molecule has 0 bridgehead atoms. The molecule has 2 unspecified atom stereocenters. The van der Waals surface area contributed by atoms with Crippen LogP contribution in [0.2, 0.25) is 0 Å². The third-order valence-corrected chi connectivity index (χ3v) is 3.69. The summed E-state index contributed by atoms with van der Waals surface area (Å²) in [5.74, 6) is 1.61. The van der Waals surface area contributed by atoms with Gasteiger partial charge in [-0.3, -0.25) is 0 Å². The standard InChI is InChI=1S/C15H27NS/c1-11(2)13(5)8-9-14(6)16-15(10-17-7)12(3)4/h13,15-16H,1,3,6,8-10H2,2,4-5,7H3. The molecule has 0 rings (SSSR count). The fourth-order valence-electron chi connectivity index (χ4n) is 1.43. The third-order valence-electron chi connectivity index (χ3n) is 3.03. The van der Waals surface area contributed by atoms with Crippen LogP contribution in [-0.4, -0.2) is 18.1 Å². The minimum Gasteiger partial charge on any atom is -0.382 e. The molecular weight excluding hydrogens is 226 g/mol. The second kappa shape index (κ2) is 8.46. The zero-order chi connectivity index (χ0) is 13.4. The van der Waals surface area contributed by atoms with Crippen LogP contribution in [0.4, 0.5) is 0 Å². The minimum absolute atomic E-state index is 0.345. The van der Waals surface area contributed by atoms with Gasteiger partial charge in [0.1, 0.15) is 0 Å². The maximum atomic E-state index is 4.10. The van der Waals surface area contributed by atoms with E-state index in [0.29, 0.717) is 12.0 Å². The van der Waals surface area contributed by atoms with Crippen molar-refractivity contribution in [2.45, 2.75) is 39.7 Å². The molecule has 0 radical (unpaired) electrons. The van der Waals surface area contributed by atoms with Gasteiger partial charge in [0.15, 0.2) is 0 Å². The van der Waals surface area contributed by atoms with Crippen molar-refractivity contribution in [1.82, 2.24) is 5.32 Å². The molecule has 1 nitrogen and oxygen atoms in total. The van der Waals surface area contributed by atoms with Crippen LogP contribution in [0.1, 0.15) is 33.6 Å². The van der Waals surface area contributed by atoms with Gasteiger partial charge in [-0.1, -0.05) is 37.8 Å². The SMILES string of the molecule is C=C(CCC(C)C(=C)C)NC(CSC)C(=C)C. The predicted molar refractivity (Wildman–Crippen MR) is 82.5 cm³/mol. The molecule has 0 fully saturated rings. The molecule has 0 aromatic rings. The first kappa shape index (κ1) is 16.4. The second-order valence-corrected chi connectivity index (χ2v) is 5.80. The van der Waals surface area contributed by atoms with Crippen LogP contribution in [0.15, 0.2) is 36.6 Å². The monoisotopic (exact) mass is 253 g/mol. The lowest BCUT2D eigenvalue weighted by atomic mass is 9.98. The summed E-state index contributed by atoms with van der Waals surface area (Å²) in [6.07, 6.45) is 4.24. The van der Waals surface area contributed by atoms with E-state index in [1.807, 2.05) is 11.8 Å². The van der Waals surface area contributed by atoms with Gasteiger partial charge < -0.3 is 5.32 Å². The van der Waals surface area contributed by atoms with E-state index in [-0.39, 0.29) is 0 Å². The molecule has 0 aliphatic heterocycles. The van der Waals surface area contributed by atoms with Gasteiger partial charge in [0.25, 0.3) is 0 Å². The molecule has 0 aliphatic rings. The molecule has 0 amide bonds. The van der Waals surface area contributed by atoms with Crippen molar-refractivity contribution in [3.8, 4) is 0 Å². The molecule has 17 heavy (non-hydrogen) atoms. The van der Waals surface area contributed by atoms with Gasteiger partial charge in [-0.15, -0.1) is 0 Å². The number of hydrogen-bond donors (Lipinski definition) is 1. The zero-order valence-corrected chi connectivity index (χ0v) is 12.6. The van der Waals surface area contributed by atoms with Gasteiger partial charge in [-0.05, 0) is 38.9 Å². The van der Waals surface area contributed by atoms with Crippen molar-refractivity contribution >= 4 is 11.8 Å². The van der Waals surface area contributed by atoms with Crippen molar-refractivity contribution in [3.05, 3.63) is 36.6 Å². The Balaban J connectivity index is 4.06. The lowest BCUT2D eigenvalue weighted by Gasteiger charge is -2.21. The summed E-state index contributed by atoms with van der Waals surface area (Å²) in [5, 5.41) is 3.47. The lowest BCUT2D eigenvalue weighted by Crippen LogP contribution is -2.31. The maximum Gasteiger partial charge on any atom is 0.0555 e. The van der Waals surface area contributed by atoms with E-state index >= 15 is 0 Å². The molecule has 2 heteroatoms. The first-order valence-electron chi connectivity index (χ1n) is 6.12. The van der Waals surface area contributed by atoms with Crippen LogP contribution in [0.3, 0.4) is 0 Å². The van der Waals surface area contributed by atoms with Crippen molar-refractivity contribution < 1.29 is 0 Å². The Morgan fingerprint density at radius 3 is 2.18 bits per heavy atom. The second-order valence-electron chi connectivity index (χ2n) is 4.89. The Morgan fingerprint density at radius 2 is 1.76 bits per heavy atom. The Kier molecular flexibility index (Phi) is 8.15. The maximum absolute atomic E-state index is 4.10. The highest BCUT2D eigenvalue weighted by Gasteiger charge is 2.10. The highest BCUT2D eigenvalue weighted by Crippen LogP contribution is 2.17. The van der Waals surface area contributed by atoms with Crippen molar-refractivity contribution in [1.29, 1.82) is 0 Å². The summed E-state index contributed by atoms with van der Waals surface area (Å²) < 4.78 is 0. The largest absolute Gasteiger partial charge is 0.382 e.